The molecule has 0 radical (unpaired) electrons. The lowest BCUT2D eigenvalue weighted by Gasteiger charge is -2.32. The van der Waals surface area contributed by atoms with Crippen LogP contribution in [0, 0.1) is 13.8 Å². The van der Waals surface area contributed by atoms with Gasteiger partial charge in [0.2, 0.25) is 0 Å². The molecule has 19 heavy (non-hydrogen) atoms. The average molecular weight is 269 g/mol. The van der Waals surface area contributed by atoms with E-state index in [1.807, 2.05) is 13.8 Å². The molecule has 1 aliphatic rings. The Morgan fingerprint density at radius 2 is 1.89 bits per heavy atom. The Hall–Kier alpha value is -1.16. The van der Waals surface area contributed by atoms with Crippen LogP contribution in [0.1, 0.15) is 36.0 Å². The number of benzene rings is 1. The summed E-state index contributed by atoms with van der Waals surface area (Å²) in [6.45, 7) is 4.41. The first-order valence-corrected chi connectivity index (χ1v) is 6.73. The van der Waals surface area contributed by atoms with Crippen LogP contribution < -0.4 is 10.1 Å². The Morgan fingerprint density at radius 1 is 1.21 bits per heavy atom. The van der Waals surface area contributed by atoms with Crippen LogP contribution >= 0.6 is 0 Å². The number of piperidine rings is 1. The van der Waals surface area contributed by atoms with Crippen molar-refractivity contribution in [3.63, 3.8) is 0 Å². The summed E-state index contributed by atoms with van der Waals surface area (Å²) in [5.74, 6) is -2.62. The lowest BCUT2D eigenvalue weighted by Crippen LogP contribution is -2.46. The number of rotatable bonds is 3. The molecule has 1 aliphatic heterocycles. The van der Waals surface area contributed by atoms with Gasteiger partial charge >= 0.3 is 0 Å². The van der Waals surface area contributed by atoms with Gasteiger partial charge in [-0.25, -0.2) is 0 Å². The highest BCUT2D eigenvalue weighted by Gasteiger charge is 2.43. The van der Waals surface area contributed by atoms with Gasteiger partial charge in [0.15, 0.2) is 0 Å². The number of hydrogen-bond donors (Lipinski definition) is 1. The lowest BCUT2D eigenvalue weighted by atomic mass is 9.91. The molecule has 1 heterocycles. The Bertz CT molecular complexity index is 454. The van der Waals surface area contributed by atoms with E-state index in [9.17, 15) is 8.78 Å². The van der Waals surface area contributed by atoms with Crippen LogP contribution in [0.5, 0.6) is 5.75 Å². The average Bonchev–Trinajstić information content (AvgIpc) is 2.42. The second-order valence-corrected chi connectivity index (χ2v) is 5.26. The number of nitrogens with one attached hydrogen (secondary N) is 1. The van der Waals surface area contributed by atoms with E-state index in [1.165, 1.54) is 7.11 Å². The van der Waals surface area contributed by atoms with Crippen LogP contribution in [0.25, 0.3) is 0 Å². The van der Waals surface area contributed by atoms with E-state index in [4.69, 9.17) is 4.74 Å². The molecular weight excluding hydrogens is 248 g/mol. The monoisotopic (exact) mass is 269 g/mol. The van der Waals surface area contributed by atoms with Crippen LogP contribution in [0.3, 0.4) is 0 Å². The number of hydrogen-bond acceptors (Lipinski definition) is 2. The van der Waals surface area contributed by atoms with Gasteiger partial charge in [0, 0.05) is 0 Å². The fourth-order valence-electron chi connectivity index (χ4n) is 2.57. The highest BCUT2D eigenvalue weighted by atomic mass is 19.3. The summed E-state index contributed by atoms with van der Waals surface area (Å²) >= 11 is 0. The smallest absolute Gasteiger partial charge is 0.291 e. The van der Waals surface area contributed by atoms with Crippen LogP contribution in [0.4, 0.5) is 8.78 Å². The Kier molecular flexibility index (Phi) is 4.09. The highest BCUT2D eigenvalue weighted by molar-refractivity contribution is 5.44. The highest BCUT2D eigenvalue weighted by Crippen LogP contribution is 2.41. The topological polar surface area (TPSA) is 21.3 Å². The molecule has 0 saturated carbocycles. The normalized spacial score (nSPS) is 20.4. The third kappa shape index (κ3) is 2.73. The third-order valence-corrected chi connectivity index (χ3v) is 3.92. The molecule has 0 amide bonds. The van der Waals surface area contributed by atoms with Crippen LogP contribution in [0.2, 0.25) is 0 Å². The maximum Gasteiger partial charge on any atom is 0.291 e. The van der Waals surface area contributed by atoms with Crippen molar-refractivity contribution < 1.29 is 13.5 Å². The van der Waals surface area contributed by atoms with E-state index < -0.39 is 12.0 Å². The van der Waals surface area contributed by atoms with Crippen LogP contribution in [-0.2, 0) is 5.92 Å². The Morgan fingerprint density at radius 3 is 2.47 bits per heavy atom. The largest absolute Gasteiger partial charge is 0.496 e. The summed E-state index contributed by atoms with van der Waals surface area (Å²) in [6.07, 6.45) is 2.32. The number of methoxy groups -OCH3 is 1. The van der Waals surface area contributed by atoms with Crippen molar-refractivity contribution in [2.45, 2.75) is 45.1 Å². The molecule has 1 N–H and O–H groups in total. The van der Waals surface area contributed by atoms with Crippen molar-refractivity contribution in [1.29, 1.82) is 0 Å². The van der Waals surface area contributed by atoms with Gasteiger partial charge in [-0.2, -0.15) is 8.78 Å². The van der Waals surface area contributed by atoms with E-state index in [1.54, 1.807) is 12.1 Å². The van der Waals surface area contributed by atoms with Crippen molar-refractivity contribution in [3.05, 3.63) is 28.8 Å². The lowest BCUT2D eigenvalue weighted by molar-refractivity contribution is -0.0529. The zero-order valence-corrected chi connectivity index (χ0v) is 11.7. The van der Waals surface area contributed by atoms with Gasteiger partial charge < -0.3 is 10.1 Å². The van der Waals surface area contributed by atoms with Crippen molar-refractivity contribution in [3.8, 4) is 5.75 Å². The van der Waals surface area contributed by atoms with E-state index in [-0.39, 0.29) is 11.3 Å². The van der Waals surface area contributed by atoms with E-state index in [0.29, 0.717) is 13.0 Å². The van der Waals surface area contributed by atoms with Gasteiger partial charge in [-0.05, 0) is 56.5 Å². The summed E-state index contributed by atoms with van der Waals surface area (Å²) in [4.78, 5) is 0. The van der Waals surface area contributed by atoms with Gasteiger partial charge in [0.25, 0.3) is 5.92 Å². The first kappa shape index (κ1) is 14.3. The van der Waals surface area contributed by atoms with Gasteiger partial charge in [-0.3, -0.25) is 0 Å². The third-order valence-electron chi connectivity index (χ3n) is 3.92. The summed E-state index contributed by atoms with van der Waals surface area (Å²) in [7, 11) is 1.44. The summed E-state index contributed by atoms with van der Waals surface area (Å²) in [5.41, 5.74) is 1.83. The molecular formula is C15H21F2NO. The molecule has 1 unspecified atom stereocenters. The molecule has 2 nitrogen and oxygen atoms in total. The van der Waals surface area contributed by atoms with E-state index in [2.05, 4.69) is 5.32 Å². The quantitative estimate of drug-likeness (QED) is 0.906. The molecule has 1 aromatic rings. The maximum atomic E-state index is 14.7. The van der Waals surface area contributed by atoms with Crippen LogP contribution in [-0.4, -0.2) is 19.7 Å². The maximum absolute atomic E-state index is 14.7. The number of aryl methyl sites for hydroxylation is 2. The number of alkyl halides is 2. The van der Waals surface area contributed by atoms with E-state index in [0.717, 1.165) is 24.0 Å². The van der Waals surface area contributed by atoms with Crippen LogP contribution in [0.15, 0.2) is 12.1 Å². The second-order valence-electron chi connectivity index (χ2n) is 5.26. The molecule has 1 fully saturated rings. The molecule has 0 aliphatic carbocycles. The number of ether oxygens (including phenoxy) is 1. The number of halogens is 2. The molecule has 0 aromatic heterocycles. The zero-order chi connectivity index (χ0) is 14.0. The van der Waals surface area contributed by atoms with E-state index >= 15 is 0 Å². The fraction of sp³-hybridized carbons (Fsp3) is 0.600. The molecule has 0 spiro atoms. The molecule has 4 heteroatoms. The minimum atomic E-state index is -2.90. The van der Waals surface area contributed by atoms with Gasteiger partial charge in [0.05, 0.1) is 18.7 Å². The molecule has 0 bridgehead atoms. The van der Waals surface area contributed by atoms with Crippen molar-refractivity contribution in [2.24, 2.45) is 0 Å². The molecule has 106 valence electrons. The summed E-state index contributed by atoms with van der Waals surface area (Å²) < 4.78 is 34.5. The predicted octanol–water partition coefficient (Wildman–Crippen LogP) is 3.55. The summed E-state index contributed by atoms with van der Waals surface area (Å²) in [5, 5.41) is 2.94. The first-order valence-electron chi connectivity index (χ1n) is 6.73. The van der Waals surface area contributed by atoms with Gasteiger partial charge in [-0.1, -0.05) is 6.42 Å². The fourth-order valence-corrected chi connectivity index (χ4v) is 2.57. The van der Waals surface area contributed by atoms with Gasteiger partial charge in [-0.15, -0.1) is 0 Å². The molecule has 1 atom stereocenters. The van der Waals surface area contributed by atoms with Crippen molar-refractivity contribution in [1.82, 2.24) is 5.32 Å². The van der Waals surface area contributed by atoms with Gasteiger partial charge in [0.1, 0.15) is 5.75 Å². The minimum Gasteiger partial charge on any atom is -0.496 e. The second kappa shape index (κ2) is 5.45. The molecule has 2 rings (SSSR count). The standard InChI is InChI=1S/C15H21F2NO/c1-10-8-12(13(19-3)9-11(10)2)15(16,17)14-6-4-5-7-18-14/h8-9,14,18H,4-7H2,1-3H3. The SMILES string of the molecule is COc1cc(C)c(C)cc1C(F)(F)C1CCCCN1. The first-order chi connectivity index (χ1) is 8.96. The van der Waals surface area contributed by atoms with Crippen molar-refractivity contribution >= 4 is 0 Å². The molecule has 1 aromatic carbocycles. The van der Waals surface area contributed by atoms with Crippen molar-refractivity contribution in [2.75, 3.05) is 13.7 Å². The minimum absolute atomic E-state index is 0.00231. The summed E-state index contributed by atoms with van der Waals surface area (Å²) in [6, 6.07) is 2.46. The Balaban J connectivity index is 2.40. The molecule has 1 saturated heterocycles. The zero-order valence-electron chi connectivity index (χ0n) is 11.7. The Labute approximate surface area is 113 Å². The predicted molar refractivity (Wildman–Crippen MR) is 72.0 cm³/mol.